The van der Waals surface area contributed by atoms with Crippen molar-refractivity contribution >= 4 is 23.1 Å². The van der Waals surface area contributed by atoms with Gasteiger partial charge in [0, 0.05) is 35.0 Å². The highest BCUT2D eigenvalue weighted by molar-refractivity contribution is 6.13. The van der Waals surface area contributed by atoms with E-state index in [2.05, 4.69) is 5.32 Å². The summed E-state index contributed by atoms with van der Waals surface area (Å²) >= 11 is 0. The number of amides is 1. The Hall–Kier alpha value is -4.46. The van der Waals surface area contributed by atoms with Crippen molar-refractivity contribution in [1.82, 2.24) is 0 Å². The Balaban J connectivity index is 1.63. The molecule has 5 rings (SSSR count). The van der Waals surface area contributed by atoms with Crippen molar-refractivity contribution in [3.05, 3.63) is 94.9 Å². The molecule has 0 radical (unpaired) electrons. The number of anilines is 1. The maximum atomic E-state index is 13.9. The number of hydrogen-bond acceptors (Lipinski definition) is 6. The van der Waals surface area contributed by atoms with Crippen molar-refractivity contribution in [3.8, 4) is 17.2 Å². The van der Waals surface area contributed by atoms with Crippen LogP contribution in [0.5, 0.6) is 17.2 Å². The van der Waals surface area contributed by atoms with E-state index in [0.29, 0.717) is 58.3 Å². The minimum Gasteiger partial charge on any atom is -0.493 e. The lowest BCUT2D eigenvalue weighted by atomic mass is 9.69. The van der Waals surface area contributed by atoms with Crippen LogP contribution in [0.15, 0.2) is 83.0 Å². The number of hydrogen-bond donors (Lipinski definition) is 1. The molecule has 1 aliphatic heterocycles. The molecular formula is C32H31FN2O5. The molecule has 0 fully saturated rings. The summed E-state index contributed by atoms with van der Waals surface area (Å²) in [6.07, 6.45) is 0.889. The summed E-state index contributed by atoms with van der Waals surface area (Å²) in [5, 5.41) is 2.89. The summed E-state index contributed by atoms with van der Waals surface area (Å²) in [5.74, 6) is -1.01. The van der Waals surface area contributed by atoms with Crippen LogP contribution in [-0.4, -0.2) is 38.7 Å². The lowest BCUT2D eigenvalue weighted by Gasteiger charge is -2.37. The van der Waals surface area contributed by atoms with Gasteiger partial charge in [-0.1, -0.05) is 30.3 Å². The number of ether oxygens (including phenoxy) is 3. The fourth-order valence-electron chi connectivity index (χ4n) is 5.75. The van der Waals surface area contributed by atoms with Crippen LogP contribution in [0.2, 0.25) is 0 Å². The van der Waals surface area contributed by atoms with Gasteiger partial charge in [-0.25, -0.2) is 4.39 Å². The molecule has 0 bridgehead atoms. The Morgan fingerprint density at radius 1 is 0.900 bits per heavy atom. The summed E-state index contributed by atoms with van der Waals surface area (Å²) in [6.45, 7) is 1.81. The zero-order valence-electron chi connectivity index (χ0n) is 22.9. The first-order valence-corrected chi connectivity index (χ1v) is 13.1. The van der Waals surface area contributed by atoms with Crippen molar-refractivity contribution in [2.45, 2.75) is 31.6 Å². The fraction of sp³-hybridized carbons (Fsp3) is 0.281. The molecule has 2 aliphatic rings. The number of rotatable bonds is 7. The van der Waals surface area contributed by atoms with E-state index >= 15 is 0 Å². The quantitative estimate of drug-likeness (QED) is 0.392. The van der Waals surface area contributed by atoms with E-state index in [4.69, 9.17) is 19.2 Å². The molecule has 206 valence electrons. The highest BCUT2D eigenvalue weighted by Gasteiger charge is 2.44. The fourth-order valence-corrected chi connectivity index (χ4v) is 5.75. The first-order valence-electron chi connectivity index (χ1n) is 13.1. The molecule has 1 unspecified atom stereocenters. The van der Waals surface area contributed by atoms with E-state index in [1.165, 1.54) is 45.6 Å². The Bertz CT molecular complexity index is 1470. The third-order valence-electron chi connectivity index (χ3n) is 7.60. The minimum absolute atomic E-state index is 0.00539. The number of allylic oxidation sites excluding steroid dienone is 2. The molecule has 0 aromatic heterocycles. The molecule has 1 heterocycles. The largest absolute Gasteiger partial charge is 0.493 e. The van der Waals surface area contributed by atoms with Crippen LogP contribution in [0, 0.1) is 11.7 Å². The molecule has 0 saturated heterocycles. The standard InChI is InChI=1S/C32H31FN2O5/c1-18-28(32(37)35-23-12-10-22(33)11-13-23)29(21-16-26(38-2)31(40-4)27(17-21)39-3)30-24(34-18)14-20(15-25(30)36)19-8-6-5-7-9-19/h5-13,16-17,20,28-29H,14-15H2,1-4H3,(H,35,37)/t20-,28?,29-/m1/s1. The molecule has 1 amide bonds. The molecule has 0 spiro atoms. The number of nitrogens with zero attached hydrogens (tertiary/aromatic N) is 1. The van der Waals surface area contributed by atoms with E-state index < -0.39 is 17.7 Å². The Labute approximate surface area is 232 Å². The lowest BCUT2D eigenvalue weighted by Crippen LogP contribution is -2.39. The van der Waals surface area contributed by atoms with Gasteiger partial charge in [-0.05, 0) is 66.8 Å². The zero-order valence-corrected chi connectivity index (χ0v) is 22.9. The monoisotopic (exact) mass is 542 g/mol. The van der Waals surface area contributed by atoms with Gasteiger partial charge in [0.05, 0.1) is 27.2 Å². The molecule has 40 heavy (non-hydrogen) atoms. The number of halogens is 1. The SMILES string of the molecule is COc1cc([C@H]2C3=C(C[C@@H](c4ccccc4)CC3=O)N=C(C)C2C(=O)Nc2ccc(F)cc2)cc(OC)c1OC. The van der Waals surface area contributed by atoms with Crippen LogP contribution in [0.3, 0.4) is 0 Å². The molecule has 3 atom stereocenters. The number of nitrogens with one attached hydrogen (secondary N) is 1. The van der Waals surface area contributed by atoms with Crippen LogP contribution < -0.4 is 19.5 Å². The van der Waals surface area contributed by atoms with Gasteiger partial charge in [0.15, 0.2) is 17.3 Å². The van der Waals surface area contributed by atoms with E-state index in [1.807, 2.05) is 30.3 Å². The second kappa shape index (κ2) is 11.3. The molecule has 1 aliphatic carbocycles. The number of methoxy groups -OCH3 is 3. The maximum absolute atomic E-state index is 13.9. The van der Waals surface area contributed by atoms with Crippen LogP contribution in [0.4, 0.5) is 10.1 Å². The highest BCUT2D eigenvalue weighted by Crippen LogP contribution is 2.49. The summed E-state index contributed by atoms with van der Waals surface area (Å²) in [6, 6.07) is 19.1. The third-order valence-corrected chi connectivity index (χ3v) is 7.60. The summed E-state index contributed by atoms with van der Waals surface area (Å²) < 4.78 is 30.2. The number of carbonyl (C=O) groups is 2. The van der Waals surface area contributed by atoms with E-state index in [0.717, 1.165) is 5.56 Å². The zero-order chi connectivity index (χ0) is 28.4. The molecule has 7 nitrogen and oxygen atoms in total. The molecule has 8 heteroatoms. The van der Waals surface area contributed by atoms with E-state index in [1.54, 1.807) is 19.1 Å². The Kier molecular flexibility index (Phi) is 7.69. The number of benzene rings is 3. The van der Waals surface area contributed by atoms with Crippen molar-refractivity contribution in [3.63, 3.8) is 0 Å². The maximum Gasteiger partial charge on any atom is 0.234 e. The molecule has 1 N–H and O–H groups in total. The first kappa shape index (κ1) is 27.1. The van der Waals surface area contributed by atoms with Gasteiger partial charge >= 0.3 is 0 Å². The summed E-state index contributed by atoms with van der Waals surface area (Å²) in [7, 11) is 4.56. The van der Waals surface area contributed by atoms with Gasteiger partial charge < -0.3 is 19.5 Å². The van der Waals surface area contributed by atoms with Crippen molar-refractivity contribution in [2.24, 2.45) is 10.9 Å². The van der Waals surface area contributed by atoms with Gasteiger partial charge in [0.1, 0.15) is 5.82 Å². The van der Waals surface area contributed by atoms with E-state index in [9.17, 15) is 14.0 Å². The molecular weight excluding hydrogens is 511 g/mol. The molecule has 3 aromatic carbocycles. The molecule has 3 aromatic rings. The third kappa shape index (κ3) is 5.09. The topological polar surface area (TPSA) is 86.2 Å². The second-order valence-corrected chi connectivity index (χ2v) is 9.96. The lowest BCUT2D eigenvalue weighted by molar-refractivity contribution is -0.119. The predicted octanol–water partition coefficient (Wildman–Crippen LogP) is 6.07. The number of Topliss-reactive ketones (excluding diaryl/α,β-unsaturated/α-hetero) is 1. The smallest absolute Gasteiger partial charge is 0.234 e. The first-order chi connectivity index (χ1) is 19.3. The van der Waals surface area contributed by atoms with Crippen molar-refractivity contribution < 1.29 is 28.2 Å². The average molecular weight is 543 g/mol. The van der Waals surface area contributed by atoms with Gasteiger partial charge in [-0.15, -0.1) is 0 Å². The second-order valence-electron chi connectivity index (χ2n) is 9.96. The Morgan fingerprint density at radius 2 is 1.55 bits per heavy atom. The Morgan fingerprint density at radius 3 is 2.15 bits per heavy atom. The normalized spacial score (nSPS) is 20.4. The van der Waals surface area contributed by atoms with Crippen LogP contribution in [-0.2, 0) is 9.59 Å². The van der Waals surface area contributed by atoms with Crippen molar-refractivity contribution in [1.29, 1.82) is 0 Å². The van der Waals surface area contributed by atoms with Gasteiger partial charge in [0.2, 0.25) is 11.7 Å². The van der Waals surface area contributed by atoms with Crippen LogP contribution in [0.25, 0.3) is 0 Å². The minimum atomic E-state index is -0.802. The van der Waals surface area contributed by atoms with Crippen LogP contribution in [0.1, 0.15) is 42.7 Å². The van der Waals surface area contributed by atoms with Gasteiger partial charge in [0.25, 0.3) is 0 Å². The highest BCUT2D eigenvalue weighted by atomic mass is 19.1. The average Bonchev–Trinajstić information content (AvgIpc) is 2.97. The summed E-state index contributed by atoms with van der Waals surface area (Å²) in [5.41, 5.74) is 3.98. The molecule has 0 saturated carbocycles. The number of carbonyl (C=O) groups excluding carboxylic acids is 2. The van der Waals surface area contributed by atoms with Crippen molar-refractivity contribution in [2.75, 3.05) is 26.6 Å². The number of ketones is 1. The predicted molar refractivity (Wildman–Crippen MR) is 151 cm³/mol. The van der Waals surface area contributed by atoms with Gasteiger partial charge in [-0.2, -0.15) is 0 Å². The van der Waals surface area contributed by atoms with Gasteiger partial charge in [-0.3, -0.25) is 14.6 Å². The van der Waals surface area contributed by atoms with E-state index in [-0.39, 0.29) is 17.6 Å². The number of aliphatic imine (C=N–C) groups is 1. The van der Waals surface area contributed by atoms with Crippen LogP contribution >= 0.6 is 0 Å². The summed E-state index contributed by atoms with van der Waals surface area (Å²) in [4.78, 5) is 32.6.